The van der Waals surface area contributed by atoms with Crippen molar-refractivity contribution in [2.24, 2.45) is 0 Å². The molecule has 86 valence electrons. The first kappa shape index (κ1) is 10.1. The molecule has 17 heavy (non-hydrogen) atoms. The molecule has 1 aliphatic rings. The molecule has 0 radical (unpaired) electrons. The lowest BCUT2D eigenvalue weighted by Crippen LogP contribution is -2.23. The lowest BCUT2D eigenvalue weighted by atomic mass is 10.2. The highest BCUT2D eigenvalue weighted by molar-refractivity contribution is 5.73. The molecule has 0 saturated heterocycles. The summed E-state index contributed by atoms with van der Waals surface area (Å²) in [4.78, 5) is 11.2. The summed E-state index contributed by atoms with van der Waals surface area (Å²) in [5.74, 6) is 0. The van der Waals surface area contributed by atoms with Gasteiger partial charge in [-0.1, -0.05) is 12.1 Å². The third-order valence-corrected chi connectivity index (χ3v) is 2.85. The zero-order valence-electron chi connectivity index (χ0n) is 9.50. The summed E-state index contributed by atoms with van der Waals surface area (Å²) >= 11 is 0. The summed E-state index contributed by atoms with van der Waals surface area (Å²) in [7, 11) is 0. The molecular formula is C13H14N4. The Morgan fingerprint density at radius 2 is 2.12 bits per heavy atom. The molecule has 0 saturated carbocycles. The standard InChI is InChI=1S/C13H14N4/c1-2-4-13-12(3-1)15-9-11(16-13)5-7-17-8-6-14-10-17/h1-4,6,8-9,14H,5,7,10H2. The maximum atomic E-state index is 4.60. The number of hydrogen-bond donors (Lipinski definition) is 1. The van der Waals surface area contributed by atoms with E-state index in [-0.39, 0.29) is 0 Å². The Hall–Kier alpha value is -2.10. The van der Waals surface area contributed by atoms with E-state index in [9.17, 15) is 0 Å². The molecule has 1 aliphatic heterocycles. The topological polar surface area (TPSA) is 41.1 Å². The Morgan fingerprint density at radius 1 is 1.24 bits per heavy atom. The van der Waals surface area contributed by atoms with E-state index in [1.807, 2.05) is 36.7 Å². The predicted molar refractivity (Wildman–Crippen MR) is 67.1 cm³/mol. The van der Waals surface area contributed by atoms with Crippen LogP contribution in [0.25, 0.3) is 11.0 Å². The van der Waals surface area contributed by atoms with Crippen LogP contribution in [-0.4, -0.2) is 28.1 Å². The van der Waals surface area contributed by atoms with Crippen molar-refractivity contribution in [1.29, 1.82) is 0 Å². The van der Waals surface area contributed by atoms with Gasteiger partial charge in [-0.15, -0.1) is 0 Å². The van der Waals surface area contributed by atoms with E-state index in [1.54, 1.807) is 0 Å². The first-order valence-corrected chi connectivity index (χ1v) is 5.76. The van der Waals surface area contributed by atoms with Crippen LogP contribution in [0.1, 0.15) is 5.69 Å². The smallest absolute Gasteiger partial charge is 0.0890 e. The maximum absolute atomic E-state index is 4.60. The number of para-hydroxylation sites is 2. The van der Waals surface area contributed by atoms with Crippen LogP contribution in [0, 0.1) is 0 Å². The van der Waals surface area contributed by atoms with Gasteiger partial charge in [0.15, 0.2) is 0 Å². The van der Waals surface area contributed by atoms with E-state index in [0.29, 0.717) is 0 Å². The summed E-state index contributed by atoms with van der Waals surface area (Å²) in [5.41, 5.74) is 2.98. The molecule has 0 fully saturated rings. The Kier molecular flexibility index (Phi) is 2.62. The van der Waals surface area contributed by atoms with Gasteiger partial charge >= 0.3 is 0 Å². The second kappa shape index (κ2) is 4.41. The summed E-state index contributed by atoms with van der Waals surface area (Å²) in [6, 6.07) is 7.97. The Labute approximate surface area is 100.0 Å². The average Bonchev–Trinajstić information content (AvgIpc) is 2.89. The van der Waals surface area contributed by atoms with Crippen molar-refractivity contribution >= 4 is 11.0 Å². The van der Waals surface area contributed by atoms with Crippen LogP contribution in [0.15, 0.2) is 42.9 Å². The van der Waals surface area contributed by atoms with Gasteiger partial charge in [0.25, 0.3) is 0 Å². The molecule has 2 heterocycles. The highest BCUT2D eigenvalue weighted by Gasteiger charge is 2.05. The lowest BCUT2D eigenvalue weighted by Gasteiger charge is -2.13. The van der Waals surface area contributed by atoms with Crippen molar-refractivity contribution in [3.05, 3.63) is 48.6 Å². The van der Waals surface area contributed by atoms with Crippen LogP contribution >= 0.6 is 0 Å². The van der Waals surface area contributed by atoms with Crippen LogP contribution in [-0.2, 0) is 6.42 Å². The van der Waals surface area contributed by atoms with Crippen molar-refractivity contribution in [3.8, 4) is 0 Å². The van der Waals surface area contributed by atoms with Gasteiger partial charge in [0.05, 0.1) is 23.4 Å². The normalized spacial score (nSPS) is 14.2. The average molecular weight is 226 g/mol. The summed E-state index contributed by atoms with van der Waals surface area (Å²) in [5, 5.41) is 3.15. The molecule has 4 heteroatoms. The maximum Gasteiger partial charge on any atom is 0.0890 e. The van der Waals surface area contributed by atoms with Crippen LogP contribution in [0.3, 0.4) is 0 Å². The highest BCUT2D eigenvalue weighted by Crippen LogP contribution is 2.09. The van der Waals surface area contributed by atoms with E-state index in [1.165, 1.54) is 0 Å². The number of rotatable bonds is 3. The van der Waals surface area contributed by atoms with Crippen LogP contribution < -0.4 is 5.32 Å². The summed E-state index contributed by atoms with van der Waals surface area (Å²) < 4.78 is 0. The van der Waals surface area contributed by atoms with Crippen molar-refractivity contribution in [2.45, 2.75) is 6.42 Å². The Balaban J connectivity index is 1.74. The minimum absolute atomic E-state index is 0.890. The first-order valence-electron chi connectivity index (χ1n) is 5.76. The molecule has 1 aromatic heterocycles. The van der Waals surface area contributed by atoms with Gasteiger partial charge in [0, 0.05) is 31.6 Å². The lowest BCUT2D eigenvalue weighted by molar-refractivity contribution is 0.394. The third kappa shape index (κ3) is 2.20. The fourth-order valence-corrected chi connectivity index (χ4v) is 1.91. The Morgan fingerprint density at radius 3 is 2.94 bits per heavy atom. The number of nitrogens with one attached hydrogen (secondary N) is 1. The van der Waals surface area contributed by atoms with Gasteiger partial charge in [0.2, 0.25) is 0 Å². The molecule has 0 amide bonds. The fourth-order valence-electron chi connectivity index (χ4n) is 1.91. The van der Waals surface area contributed by atoms with Crippen molar-refractivity contribution < 1.29 is 0 Å². The van der Waals surface area contributed by atoms with Crippen LogP contribution in [0.5, 0.6) is 0 Å². The molecule has 2 aromatic rings. The monoisotopic (exact) mass is 226 g/mol. The molecule has 0 unspecified atom stereocenters. The second-order valence-corrected chi connectivity index (χ2v) is 4.09. The molecule has 1 N–H and O–H groups in total. The minimum Gasteiger partial charge on any atom is -0.373 e. The zero-order valence-corrected chi connectivity index (χ0v) is 9.50. The SMILES string of the molecule is C1=CN(CCc2cnc3ccccc3n2)CN1. The molecule has 1 aromatic carbocycles. The molecular weight excluding hydrogens is 212 g/mol. The highest BCUT2D eigenvalue weighted by atomic mass is 15.2. The first-order chi connectivity index (χ1) is 8.42. The minimum atomic E-state index is 0.890. The summed E-state index contributed by atoms with van der Waals surface area (Å²) in [6.07, 6.45) is 6.82. The number of fused-ring (bicyclic) bond motifs is 1. The molecule has 0 spiro atoms. The quantitative estimate of drug-likeness (QED) is 0.861. The van der Waals surface area contributed by atoms with Crippen LogP contribution in [0.4, 0.5) is 0 Å². The number of hydrogen-bond acceptors (Lipinski definition) is 4. The summed E-state index contributed by atoms with van der Waals surface area (Å²) in [6.45, 7) is 1.86. The van der Waals surface area contributed by atoms with E-state index in [2.05, 4.69) is 26.4 Å². The zero-order chi connectivity index (χ0) is 11.5. The Bertz CT molecular complexity index is 550. The van der Waals surface area contributed by atoms with Crippen LogP contribution in [0.2, 0.25) is 0 Å². The molecule has 4 nitrogen and oxygen atoms in total. The van der Waals surface area contributed by atoms with Gasteiger partial charge in [-0.2, -0.15) is 0 Å². The van der Waals surface area contributed by atoms with Crippen molar-refractivity contribution in [2.75, 3.05) is 13.2 Å². The van der Waals surface area contributed by atoms with E-state index >= 15 is 0 Å². The molecule has 3 rings (SSSR count). The van der Waals surface area contributed by atoms with Gasteiger partial charge in [-0.3, -0.25) is 4.98 Å². The van der Waals surface area contributed by atoms with Crippen molar-refractivity contribution in [3.63, 3.8) is 0 Å². The van der Waals surface area contributed by atoms with Crippen molar-refractivity contribution in [1.82, 2.24) is 20.2 Å². The van der Waals surface area contributed by atoms with E-state index < -0.39 is 0 Å². The largest absolute Gasteiger partial charge is 0.373 e. The fraction of sp³-hybridized carbons (Fsp3) is 0.231. The van der Waals surface area contributed by atoms with Gasteiger partial charge in [-0.05, 0) is 12.1 Å². The van der Waals surface area contributed by atoms with E-state index in [4.69, 9.17) is 0 Å². The second-order valence-electron chi connectivity index (χ2n) is 4.09. The van der Waals surface area contributed by atoms with Gasteiger partial charge < -0.3 is 10.2 Å². The third-order valence-electron chi connectivity index (χ3n) is 2.85. The number of aromatic nitrogens is 2. The number of benzene rings is 1. The molecule has 0 bridgehead atoms. The number of nitrogens with zero attached hydrogens (tertiary/aromatic N) is 3. The molecule has 0 aliphatic carbocycles. The van der Waals surface area contributed by atoms with Gasteiger partial charge in [-0.25, -0.2) is 4.98 Å². The molecule has 0 atom stereocenters. The predicted octanol–water partition coefficient (Wildman–Crippen LogP) is 1.51. The van der Waals surface area contributed by atoms with Gasteiger partial charge in [0.1, 0.15) is 0 Å². The van der Waals surface area contributed by atoms with E-state index in [0.717, 1.165) is 36.4 Å².